The second-order valence-electron chi connectivity index (χ2n) is 7.87. The standard InChI is InChI=1S/C27H26N2O5/c1-16-9-8-10-17(13-16)23-24(30)19-11-6-7-12-20(19)29(2)26(23)28-27(31)18-14-21(32-3)25(34-5)22(15-18)33-4/h6-15H,1-5H3,(H,28,31). The first-order valence-electron chi connectivity index (χ1n) is 10.7. The molecule has 4 rings (SSSR count). The van der Waals surface area contributed by atoms with E-state index in [1.165, 1.54) is 21.3 Å². The van der Waals surface area contributed by atoms with Gasteiger partial charge in [-0.05, 0) is 36.8 Å². The van der Waals surface area contributed by atoms with Crippen LogP contribution in [0.15, 0.2) is 65.5 Å². The molecule has 7 nitrogen and oxygen atoms in total. The fourth-order valence-corrected chi connectivity index (χ4v) is 4.10. The Morgan fingerprint density at radius 2 is 1.56 bits per heavy atom. The number of carbonyl (C=O) groups is 1. The van der Waals surface area contributed by atoms with Crippen molar-refractivity contribution < 1.29 is 19.0 Å². The Labute approximate surface area is 197 Å². The molecule has 4 aromatic rings. The number of nitrogens with one attached hydrogen (secondary N) is 1. The van der Waals surface area contributed by atoms with Crippen molar-refractivity contribution >= 4 is 22.6 Å². The maximum Gasteiger partial charge on any atom is 0.257 e. The monoisotopic (exact) mass is 458 g/mol. The van der Waals surface area contributed by atoms with Crippen LogP contribution in [0.2, 0.25) is 0 Å². The van der Waals surface area contributed by atoms with Gasteiger partial charge in [-0.1, -0.05) is 42.0 Å². The van der Waals surface area contributed by atoms with E-state index in [0.717, 1.165) is 11.1 Å². The molecule has 1 N–H and O–H groups in total. The number of aryl methyl sites for hydroxylation is 2. The normalized spacial score (nSPS) is 10.7. The van der Waals surface area contributed by atoms with Gasteiger partial charge < -0.3 is 24.1 Å². The van der Waals surface area contributed by atoms with E-state index in [2.05, 4.69) is 5.32 Å². The minimum absolute atomic E-state index is 0.153. The van der Waals surface area contributed by atoms with E-state index in [9.17, 15) is 9.59 Å². The Bertz CT molecular complexity index is 1430. The fourth-order valence-electron chi connectivity index (χ4n) is 4.10. The van der Waals surface area contributed by atoms with Crippen molar-refractivity contribution in [1.82, 2.24) is 4.57 Å². The van der Waals surface area contributed by atoms with E-state index in [1.54, 1.807) is 18.2 Å². The Kier molecular flexibility index (Phi) is 6.27. The Hall–Kier alpha value is -4.26. The highest BCUT2D eigenvalue weighted by Gasteiger charge is 2.22. The molecule has 1 aromatic heterocycles. The van der Waals surface area contributed by atoms with Gasteiger partial charge in [-0.15, -0.1) is 0 Å². The lowest BCUT2D eigenvalue weighted by Crippen LogP contribution is -2.21. The van der Waals surface area contributed by atoms with Crippen LogP contribution in [0.25, 0.3) is 22.0 Å². The zero-order valence-corrected chi connectivity index (χ0v) is 19.8. The largest absolute Gasteiger partial charge is 0.493 e. The maximum absolute atomic E-state index is 13.6. The summed E-state index contributed by atoms with van der Waals surface area (Å²) in [7, 11) is 6.30. The summed E-state index contributed by atoms with van der Waals surface area (Å²) in [4.78, 5) is 27.0. The minimum atomic E-state index is -0.418. The molecule has 34 heavy (non-hydrogen) atoms. The minimum Gasteiger partial charge on any atom is -0.493 e. The molecule has 0 atom stereocenters. The molecule has 0 aliphatic rings. The molecule has 174 valence electrons. The third kappa shape index (κ3) is 3.96. The van der Waals surface area contributed by atoms with Gasteiger partial charge in [0.1, 0.15) is 5.82 Å². The van der Waals surface area contributed by atoms with E-state index in [4.69, 9.17) is 14.2 Å². The van der Waals surface area contributed by atoms with Gasteiger partial charge in [0, 0.05) is 18.0 Å². The van der Waals surface area contributed by atoms with E-state index in [0.29, 0.717) is 45.1 Å². The number of fused-ring (bicyclic) bond motifs is 1. The molecular formula is C27H26N2O5. The molecule has 0 aliphatic heterocycles. The van der Waals surface area contributed by atoms with Crippen LogP contribution < -0.4 is 25.0 Å². The van der Waals surface area contributed by atoms with Gasteiger partial charge in [0.05, 0.1) is 32.4 Å². The predicted molar refractivity (Wildman–Crippen MR) is 133 cm³/mol. The zero-order valence-electron chi connectivity index (χ0n) is 19.8. The molecule has 0 radical (unpaired) electrons. The lowest BCUT2D eigenvalue weighted by molar-refractivity contribution is 0.102. The number of methoxy groups -OCH3 is 3. The molecule has 3 aromatic carbocycles. The van der Waals surface area contributed by atoms with Gasteiger partial charge in [0.2, 0.25) is 5.75 Å². The fraction of sp³-hybridized carbons (Fsp3) is 0.185. The molecule has 0 fully saturated rings. The van der Waals surface area contributed by atoms with Crippen molar-refractivity contribution in [1.29, 1.82) is 0 Å². The summed E-state index contributed by atoms with van der Waals surface area (Å²) in [6.45, 7) is 1.96. The predicted octanol–water partition coefficient (Wildman–Crippen LogP) is 4.79. The number of nitrogens with zero attached hydrogens (tertiary/aromatic N) is 1. The topological polar surface area (TPSA) is 78.8 Å². The van der Waals surface area contributed by atoms with Gasteiger partial charge in [0.15, 0.2) is 16.9 Å². The van der Waals surface area contributed by atoms with Crippen LogP contribution in [0.3, 0.4) is 0 Å². The first-order chi connectivity index (χ1) is 16.4. The average Bonchev–Trinajstić information content (AvgIpc) is 2.86. The van der Waals surface area contributed by atoms with Crippen molar-refractivity contribution in [2.24, 2.45) is 7.05 Å². The number of para-hydroxylation sites is 1. The molecule has 0 aliphatic carbocycles. The molecule has 0 spiro atoms. The van der Waals surface area contributed by atoms with Crippen molar-refractivity contribution in [2.75, 3.05) is 26.6 Å². The number of pyridine rings is 1. The smallest absolute Gasteiger partial charge is 0.257 e. The summed E-state index contributed by atoms with van der Waals surface area (Å²) in [5.41, 5.74) is 3.01. The Morgan fingerprint density at radius 3 is 2.18 bits per heavy atom. The maximum atomic E-state index is 13.6. The quantitative estimate of drug-likeness (QED) is 0.449. The molecule has 0 saturated carbocycles. The number of ether oxygens (including phenoxy) is 3. The number of benzene rings is 3. The van der Waals surface area contributed by atoms with Crippen molar-refractivity contribution in [3.63, 3.8) is 0 Å². The third-order valence-electron chi connectivity index (χ3n) is 5.77. The second kappa shape index (κ2) is 9.31. The summed E-state index contributed by atoms with van der Waals surface area (Å²) in [6.07, 6.45) is 0. The number of amides is 1. The summed E-state index contributed by atoms with van der Waals surface area (Å²) >= 11 is 0. The highest BCUT2D eigenvalue weighted by molar-refractivity contribution is 6.07. The Balaban J connectivity index is 1.92. The van der Waals surface area contributed by atoms with E-state index in [1.807, 2.05) is 61.0 Å². The molecule has 7 heteroatoms. The number of hydrogen-bond donors (Lipinski definition) is 1. The van der Waals surface area contributed by atoms with Gasteiger partial charge >= 0.3 is 0 Å². The zero-order chi connectivity index (χ0) is 24.4. The summed E-state index contributed by atoms with van der Waals surface area (Å²) in [5, 5.41) is 3.53. The van der Waals surface area contributed by atoms with Gasteiger partial charge in [0.25, 0.3) is 5.91 Å². The summed E-state index contributed by atoms with van der Waals surface area (Å²) in [5.74, 6) is 1.09. The molecular weight excluding hydrogens is 432 g/mol. The molecule has 0 saturated heterocycles. The van der Waals surface area contributed by atoms with Crippen LogP contribution in [0.5, 0.6) is 17.2 Å². The van der Waals surface area contributed by atoms with Gasteiger partial charge in [-0.25, -0.2) is 0 Å². The van der Waals surface area contributed by atoms with Gasteiger partial charge in [-0.2, -0.15) is 0 Å². The number of carbonyl (C=O) groups excluding carboxylic acids is 1. The van der Waals surface area contributed by atoms with Crippen LogP contribution in [0.4, 0.5) is 5.82 Å². The SMILES string of the molecule is COc1cc(C(=O)Nc2c(-c3cccc(C)c3)c(=O)c3ccccc3n2C)cc(OC)c1OC. The first kappa shape index (κ1) is 22.9. The molecule has 1 amide bonds. The summed E-state index contributed by atoms with van der Waals surface area (Å²) < 4.78 is 18.0. The van der Waals surface area contributed by atoms with Crippen LogP contribution in [-0.4, -0.2) is 31.8 Å². The van der Waals surface area contributed by atoms with Crippen LogP contribution in [0, 0.1) is 6.92 Å². The second-order valence-corrected chi connectivity index (χ2v) is 7.87. The number of hydrogen-bond acceptors (Lipinski definition) is 5. The molecule has 0 unspecified atom stereocenters. The van der Waals surface area contributed by atoms with Crippen LogP contribution >= 0.6 is 0 Å². The third-order valence-corrected chi connectivity index (χ3v) is 5.77. The van der Waals surface area contributed by atoms with E-state index in [-0.39, 0.29) is 5.43 Å². The average molecular weight is 459 g/mol. The van der Waals surface area contributed by atoms with Crippen molar-refractivity contribution in [2.45, 2.75) is 6.92 Å². The highest BCUT2D eigenvalue weighted by atomic mass is 16.5. The lowest BCUT2D eigenvalue weighted by Gasteiger charge is -2.19. The Morgan fingerprint density at radius 1 is 0.882 bits per heavy atom. The van der Waals surface area contributed by atoms with Crippen molar-refractivity contribution in [3.8, 4) is 28.4 Å². The molecule has 0 bridgehead atoms. The van der Waals surface area contributed by atoms with Gasteiger partial charge in [-0.3, -0.25) is 9.59 Å². The number of aromatic nitrogens is 1. The highest BCUT2D eigenvalue weighted by Crippen LogP contribution is 2.38. The summed E-state index contributed by atoms with van der Waals surface area (Å²) in [6, 6.07) is 18.1. The number of anilines is 1. The number of rotatable bonds is 6. The van der Waals surface area contributed by atoms with E-state index >= 15 is 0 Å². The van der Waals surface area contributed by atoms with Crippen LogP contribution in [0.1, 0.15) is 15.9 Å². The molecule has 1 heterocycles. The lowest BCUT2D eigenvalue weighted by atomic mass is 10.0. The van der Waals surface area contributed by atoms with Crippen molar-refractivity contribution in [3.05, 3.63) is 82.0 Å². The van der Waals surface area contributed by atoms with Crippen LogP contribution in [-0.2, 0) is 7.05 Å². The van der Waals surface area contributed by atoms with E-state index < -0.39 is 5.91 Å². The first-order valence-corrected chi connectivity index (χ1v) is 10.7.